The molecule has 0 aliphatic heterocycles. The molecule has 76 valence electrons. The van der Waals surface area contributed by atoms with Crippen LogP contribution < -0.4 is 0 Å². The molecule has 6 heteroatoms. The van der Waals surface area contributed by atoms with Crippen LogP contribution in [0.2, 0.25) is 0 Å². The molecular weight excluding hydrogens is 207 g/mol. The maximum Gasteiger partial charge on any atom is 0.433 e. The summed E-state index contributed by atoms with van der Waals surface area (Å²) >= 11 is 0. The van der Waals surface area contributed by atoms with Gasteiger partial charge in [0, 0.05) is 12.3 Å². The summed E-state index contributed by atoms with van der Waals surface area (Å²) in [6.45, 7) is 0. The first kappa shape index (κ1) is 9.52. The Morgan fingerprint density at radius 1 is 1.40 bits per heavy atom. The summed E-state index contributed by atoms with van der Waals surface area (Å²) in [4.78, 5) is 3.73. The minimum absolute atomic E-state index is 0.0813. The SMILES string of the molecule is C#Cc1cc2nccc(C(F)(F)F)n2n1. The molecule has 0 N–H and O–H groups in total. The number of rotatable bonds is 0. The van der Waals surface area contributed by atoms with Crippen molar-refractivity contribution in [3.05, 3.63) is 29.7 Å². The van der Waals surface area contributed by atoms with Crippen LogP contribution in [0.1, 0.15) is 11.4 Å². The van der Waals surface area contributed by atoms with Gasteiger partial charge in [0.1, 0.15) is 11.4 Å². The van der Waals surface area contributed by atoms with Gasteiger partial charge in [0.05, 0.1) is 0 Å². The van der Waals surface area contributed by atoms with Gasteiger partial charge in [-0.3, -0.25) is 0 Å². The molecule has 0 aliphatic rings. The number of hydrogen-bond acceptors (Lipinski definition) is 2. The van der Waals surface area contributed by atoms with Gasteiger partial charge in [0.2, 0.25) is 0 Å². The van der Waals surface area contributed by atoms with E-state index < -0.39 is 11.9 Å². The molecular formula is C9H4F3N3. The van der Waals surface area contributed by atoms with Crippen LogP contribution in [0.15, 0.2) is 18.3 Å². The van der Waals surface area contributed by atoms with Crippen LogP contribution in [0.4, 0.5) is 13.2 Å². The highest BCUT2D eigenvalue weighted by Crippen LogP contribution is 2.28. The minimum Gasteiger partial charge on any atom is -0.237 e. The molecule has 0 fully saturated rings. The normalized spacial score (nSPS) is 11.6. The molecule has 0 bridgehead atoms. The van der Waals surface area contributed by atoms with Gasteiger partial charge in [-0.2, -0.15) is 18.3 Å². The summed E-state index contributed by atoms with van der Waals surface area (Å²) in [7, 11) is 0. The number of halogens is 3. The predicted molar refractivity (Wildman–Crippen MR) is 45.9 cm³/mol. The van der Waals surface area contributed by atoms with E-state index >= 15 is 0 Å². The van der Waals surface area contributed by atoms with Crippen molar-refractivity contribution < 1.29 is 13.2 Å². The molecule has 2 heterocycles. The van der Waals surface area contributed by atoms with Gasteiger partial charge in [-0.1, -0.05) is 0 Å². The molecule has 2 rings (SSSR count). The summed E-state index contributed by atoms with van der Waals surface area (Å²) < 4.78 is 38.2. The van der Waals surface area contributed by atoms with Gasteiger partial charge in [0.15, 0.2) is 5.65 Å². The Morgan fingerprint density at radius 2 is 2.13 bits per heavy atom. The zero-order valence-corrected chi connectivity index (χ0v) is 7.28. The molecule has 0 aliphatic carbocycles. The third-order valence-corrected chi connectivity index (χ3v) is 1.80. The maximum atomic E-state index is 12.5. The number of hydrogen-bond donors (Lipinski definition) is 0. The fourth-order valence-electron chi connectivity index (χ4n) is 1.18. The monoisotopic (exact) mass is 211 g/mol. The Morgan fingerprint density at radius 3 is 2.73 bits per heavy atom. The van der Waals surface area contributed by atoms with E-state index in [1.54, 1.807) is 0 Å². The Labute approximate surface area is 82.5 Å². The second-order valence-corrected chi connectivity index (χ2v) is 2.77. The van der Waals surface area contributed by atoms with Crippen molar-refractivity contribution in [2.45, 2.75) is 6.18 Å². The lowest BCUT2D eigenvalue weighted by molar-refractivity contribution is -0.142. The first-order valence-electron chi connectivity index (χ1n) is 3.91. The summed E-state index contributed by atoms with van der Waals surface area (Å²) in [6, 6.07) is 2.16. The van der Waals surface area contributed by atoms with Crippen LogP contribution in [0.25, 0.3) is 5.65 Å². The Bertz CT molecular complexity index is 548. The van der Waals surface area contributed by atoms with Gasteiger partial charge >= 0.3 is 6.18 Å². The highest BCUT2D eigenvalue weighted by Gasteiger charge is 2.34. The Kier molecular flexibility index (Phi) is 1.89. The lowest BCUT2D eigenvalue weighted by Gasteiger charge is -2.07. The lowest BCUT2D eigenvalue weighted by Crippen LogP contribution is -2.12. The molecule has 0 radical (unpaired) electrons. The van der Waals surface area contributed by atoms with Crippen molar-refractivity contribution >= 4 is 5.65 Å². The van der Waals surface area contributed by atoms with Gasteiger partial charge in [-0.25, -0.2) is 9.50 Å². The van der Waals surface area contributed by atoms with Gasteiger partial charge in [-0.05, 0) is 12.0 Å². The maximum absolute atomic E-state index is 12.5. The molecule has 2 aromatic rings. The fourth-order valence-corrected chi connectivity index (χ4v) is 1.18. The van der Waals surface area contributed by atoms with Crippen molar-refractivity contribution in [3.63, 3.8) is 0 Å². The van der Waals surface area contributed by atoms with E-state index in [1.165, 1.54) is 6.07 Å². The van der Waals surface area contributed by atoms with Crippen LogP contribution in [-0.2, 0) is 6.18 Å². The topological polar surface area (TPSA) is 30.2 Å². The quantitative estimate of drug-likeness (QED) is 0.621. The molecule has 0 amide bonds. The summed E-state index contributed by atoms with van der Waals surface area (Å²) in [5.74, 6) is 2.16. The van der Waals surface area contributed by atoms with E-state index in [-0.39, 0.29) is 11.3 Å². The molecule has 0 unspecified atom stereocenters. The van der Waals surface area contributed by atoms with E-state index in [4.69, 9.17) is 6.42 Å². The largest absolute Gasteiger partial charge is 0.433 e. The minimum atomic E-state index is -4.47. The Hall–Kier alpha value is -2.03. The van der Waals surface area contributed by atoms with E-state index in [0.717, 1.165) is 12.3 Å². The number of aromatic nitrogens is 3. The second kappa shape index (κ2) is 2.98. The van der Waals surface area contributed by atoms with Gasteiger partial charge in [-0.15, -0.1) is 6.42 Å². The number of alkyl halides is 3. The van der Waals surface area contributed by atoms with Crippen molar-refractivity contribution in [1.29, 1.82) is 0 Å². The average molecular weight is 211 g/mol. The summed E-state index contributed by atoms with van der Waals surface area (Å²) in [5.41, 5.74) is -0.689. The van der Waals surface area contributed by atoms with Crippen molar-refractivity contribution in [2.24, 2.45) is 0 Å². The zero-order chi connectivity index (χ0) is 11.1. The van der Waals surface area contributed by atoms with Crippen molar-refractivity contribution in [2.75, 3.05) is 0 Å². The molecule has 0 atom stereocenters. The van der Waals surface area contributed by atoms with E-state index in [0.29, 0.717) is 4.52 Å². The number of nitrogens with zero attached hydrogens (tertiary/aromatic N) is 3. The third kappa shape index (κ3) is 1.52. The summed E-state index contributed by atoms with van der Waals surface area (Å²) in [6.07, 6.45) is 1.63. The smallest absolute Gasteiger partial charge is 0.237 e. The molecule has 0 saturated carbocycles. The van der Waals surface area contributed by atoms with Crippen LogP contribution in [0.5, 0.6) is 0 Å². The predicted octanol–water partition coefficient (Wildman–Crippen LogP) is 1.73. The average Bonchev–Trinajstić information content (AvgIpc) is 2.57. The van der Waals surface area contributed by atoms with E-state index in [1.807, 2.05) is 0 Å². The van der Waals surface area contributed by atoms with Crippen LogP contribution >= 0.6 is 0 Å². The van der Waals surface area contributed by atoms with Crippen LogP contribution in [0, 0.1) is 12.3 Å². The number of terminal acetylenes is 1. The third-order valence-electron chi connectivity index (χ3n) is 1.80. The van der Waals surface area contributed by atoms with Gasteiger partial charge in [0.25, 0.3) is 0 Å². The van der Waals surface area contributed by atoms with E-state index in [2.05, 4.69) is 16.0 Å². The molecule has 0 saturated heterocycles. The molecule has 0 spiro atoms. The first-order chi connectivity index (χ1) is 7.02. The zero-order valence-electron chi connectivity index (χ0n) is 7.28. The molecule has 0 aromatic carbocycles. The van der Waals surface area contributed by atoms with Crippen molar-refractivity contribution in [3.8, 4) is 12.3 Å². The standard InChI is InChI=1S/C9H4F3N3/c1-2-6-5-8-13-4-3-7(9(10,11)12)15(8)14-6/h1,3-5H. The second-order valence-electron chi connectivity index (χ2n) is 2.77. The fraction of sp³-hybridized carbons (Fsp3) is 0.111. The molecule has 15 heavy (non-hydrogen) atoms. The van der Waals surface area contributed by atoms with E-state index in [9.17, 15) is 13.2 Å². The Balaban J connectivity index is 2.77. The highest BCUT2D eigenvalue weighted by atomic mass is 19.4. The first-order valence-corrected chi connectivity index (χ1v) is 3.91. The number of fused-ring (bicyclic) bond motifs is 1. The summed E-state index contributed by atoms with van der Waals surface area (Å²) in [5, 5.41) is 3.60. The van der Waals surface area contributed by atoms with Crippen LogP contribution in [-0.4, -0.2) is 14.6 Å². The van der Waals surface area contributed by atoms with Gasteiger partial charge < -0.3 is 0 Å². The molecule has 2 aromatic heterocycles. The highest BCUT2D eigenvalue weighted by molar-refractivity contribution is 5.44. The van der Waals surface area contributed by atoms with Crippen molar-refractivity contribution in [1.82, 2.24) is 14.6 Å². The lowest BCUT2D eigenvalue weighted by atomic mass is 10.4. The molecule has 3 nitrogen and oxygen atoms in total. The van der Waals surface area contributed by atoms with Crippen LogP contribution in [0.3, 0.4) is 0 Å².